The predicted octanol–water partition coefficient (Wildman–Crippen LogP) is 3.52. The average Bonchev–Trinajstić information content (AvgIpc) is 3.00. The number of amides is 1. The summed E-state index contributed by atoms with van der Waals surface area (Å²) in [5.74, 6) is 0.529. The Morgan fingerprint density at radius 2 is 1.75 bits per heavy atom. The smallest absolute Gasteiger partial charge is 0.251 e. The third-order valence-electron chi connectivity index (χ3n) is 3.72. The van der Waals surface area contributed by atoms with Gasteiger partial charge in [-0.2, -0.15) is 5.10 Å². The first-order valence-electron chi connectivity index (χ1n) is 7.80. The third kappa shape index (κ3) is 3.81. The van der Waals surface area contributed by atoms with Gasteiger partial charge in [-0.25, -0.2) is 0 Å². The number of aryl methyl sites for hydroxylation is 2. The van der Waals surface area contributed by atoms with E-state index in [1.54, 1.807) is 4.68 Å². The Hall–Kier alpha value is -3.08. The van der Waals surface area contributed by atoms with E-state index in [4.69, 9.17) is 0 Å². The molecular weight excluding hydrogens is 300 g/mol. The molecule has 2 N–H and O–H groups in total. The quantitative estimate of drug-likeness (QED) is 0.756. The summed E-state index contributed by atoms with van der Waals surface area (Å²) in [6.07, 6.45) is 1.84. The van der Waals surface area contributed by atoms with Crippen molar-refractivity contribution in [2.75, 3.05) is 10.6 Å². The lowest BCUT2D eigenvalue weighted by Gasteiger charge is -2.18. The van der Waals surface area contributed by atoms with Crippen LogP contribution in [0.25, 0.3) is 0 Å². The van der Waals surface area contributed by atoms with Gasteiger partial charge >= 0.3 is 0 Å². The third-order valence-corrected chi connectivity index (χ3v) is 3.72. The lowest BCUT2D eigenvalue weighted by Crippen LogP contribution is -2.27. The summed E-state index contributed by atoms with van der Waals surface area (Å²) in [5.41, 5.74) is 2.81. The number of anilines is 2. The van der Waals surface area contributed by atoms with E-state index in [1.165, 1.54) is 0 Å². The fourth-order valence-corrected chi connectivity index (χ4v) is 2.44. The van der Waals surface area contributed by atoms with Crippen molar-refractivity contribution in [2.24, 2.45) is 7.05 Å². The van der Waals surface area contributed by atoms with Crippen molar-refractivity contribution in [1.82, 2.24) is 9.78 Å². The number of hydrogen-bond donors (Lipinski definition) is 2. The van der Waals surface area contributed by atoms with Gasteiger partial charge in [0.25, 0.3) is 5.91 Å². The topological polar surface area (TPSA) is 59.0 Å². The van der Waals surface area contributed by atoms with E-state index in [-0.39, 0.29) is 5.91 Å². The van der Waals surface area contributed by atoms with Crippen molar-refractivity contribution in [3.8, 4) is 0 Å². The SMILES string of the molecule is Cc1ccc(NC(=O)C(Nc2ccn(C)n2)c2ccccc2)cc1. The molecule has 1 amide bonds. The van der Waals surface area contributed by atoms with E-state index in [0.29, 0.717) is 5.82 Å². The van der Waals surface area contributed by atoms with Crippen LogP contribution in [-0.4, -0.2) is 15.7 Å². The highest BCUT2D eigenvalue weighted by molar-refractivity contribution is 5.97. The zero-order chi connectivity index (χ0) is 16.9. The first-order chi connectivity index (χ1) is 11.6. The highest BCUT2D eigenvalue weighted by Gasteiger charge is 2.21. The van der Waals surface area contributed by atoms with Gasteiger partial charge in [0.05, 0.1) is 0 Å². The van der Waals surface area contributed by atoms with E-state index in [2.05, 4.69) is 15.7 Å². The molecule has 0 radical (unpaired) electrons. The summed E-state index contributed by atoms with van der Waals surface area (Å²) in [4.78, 5) is 12.8. The van der Waals surface area contributed by atoms with Crippen LogP contribution in [0.2, 0.25) is 0 Å². The van der Waals surface area contributed by atoms with Crippen LogP contribution < -0.4 is 10.6 Å². The largest absolute Gasteiger partial charge is 0.353 e. The van der Waals surface area contributed by atoms with E-state index in [0.717, 1.165) is 16.8 Å². The number of nitrogens with zero attached hydrogens (tertiary/aromatic N) is 2. The second-order valence-electron chi connectivity index (χ2n) is 5.72. The van der Waals surface area contributed by atoms with E-state index in [9.17, 15) is 4.79 Å². The van der Waals surface area contributed by atoms with E-state index < -0.39 is 6.04 Å². The zero-order valence-electron chi connectivity index (χ0n) is 13.7. The Labute approximate surface area is 141 Å². The van der Waals surface area contributed by atoms with Crippen molar-refractivity contribution in [2.45, 2.75) is 13.0 Å². The van der Waals surface area contributed by atoms with Crippen LogP contribution in [0.4, 0.5) is 11.5 Å². The number of nitrogens with one attached hydrogen (secondary N) is 2. The molecule has 122 valence electrons. The summed E-state index contributed by atoms with van der Waals surface area (Å²) < 4.78 is 1.70. The van der Waals surface area contributed by atoms with Crippen molar-refractivity contribution in [1.29, 1.82) is 0 Å². The Balaban J connectivity index is 1.83. The molecule has 0 aliphatic rings. The van der Waals surface area contributed by atoms with Crippen molar-refractivity contribution in [3.05, 3.63) is 78.0 Å². The normalized spacial score (nSPS) is 11.8. The number of benzene rings is 2. The van der Waals surface area contributed by atoms with Crippen LogP contribution in [0.1, 0.15) is 17.2 Å². The standard InChI is InChI=1S/C19H20N4O/c1-14-8-10-16(11-9-14)20-19(24)18(15-6-4-3-5-7-15)21-17-12-13-23(2)22-17/h3-13,18H,1-2H3,(H,20,24)(H,21,22). The van der Waals surface area contributed by atoms with Crippen LogP contribution in [0.5, 0.6) is 0 Å². The zero-order valence-corrected chi connectivity index (χ0v) is 13.7. The van der Waals surface area contributed by atoms with Gasteiger partial charge in [-0.1, -0.05) is 48.0 Å². The van der Waals surface area contributed by atoms with Gasteiger partial charge in [0.1, 0.15) is 11.9 Å². The lowest BCUT2D eigenvalue weighted by molar-refractivity contribution is -0.117. The predicted molar refractivity (Wildman–Crippen MR) is 95.8 cm³/mol. The molecule has 24 heavy (non-hydrogen) atoms. The first kappa shape index (κ1) is 15.8. The van der Waals surface area contributed by atoms with Gasteiger partial charge in [-0.3, -0.25) is 9.48 Å². The molecule has 0 bridgehead atoms. The van der Waals surface area contributed by atoms with Crippen LogP contribution in [0, 0.1) is 6.92 Å². The average molecular weight is 320 g/mol. The van der Waals surface area contributed by atoms with Gasteiger partial charge in [0.2, 0.25) is 0 Å². The second-order valence-corrected chi connectivity index (χ2v) is 5.72. The van der Waals surface area contributed by atoms with Crippen molar-refractivity contribution >= 4 is 17.4 Å². The highest BCUT2D eigenvalue weighted by atomic mass is 16.2. The van der Waals surface area contributed by atoms with E-state index >= 15 is 0 Å². The fourth-order valence-electron chi connectivity index (χ4n) is 2.44. The molecule has 0 aliphatic heterocycles. The molecule has 0 saturated carbocycles. The molecule has 5 heteroatoms. The summed E-state index contributed by atoms with van der Waals surface area (Å²) in [7, 11) is 1.84. The van der Waals surface area contributed by atoms with Gasteiger partial charge in [-0.15, -0.1) is 0 Å². The Morgan fingerprint density at radius 1 is 1.04 bits per heavy atom. The first-order valence-corrected chi connectivity index (χ1v) is 7.80. The molecule has 1 heterocycles. The maximum absolute atomic E-state index is 12.8. The molecule has 0 spiro atoms. The lowest BCUT2D eigenvalue weighted by atomic mass is 10.1. The number of rotatable bonds is 5. The molecule has 5 nitrogen and oxygen atoms in total. The molecule has 1 aromatic heterocycles. The summed E-state index contributed by atoms with van der Waals surface area (Å²) >= 11 is 0. The molecule has 0 aliphatic carbocycles. The van der Waals surface area contributed by atoms with Gasteiger partial charge in [0.15, 0.2) is 0 Å². The maximum atomic E-state index is 12.8. The van der Waals surface area contributed by atoms with Crippen LogP contribution in [0.3, 0.4) is 0 Å². The Kier molecular flexibility index (Phi) is 4.61. The number of aromatic nitrogens is 2. The Morgan fingerprint density at radius 3 is 2.38 bits per heavy atom. The number of carbonyl (C=O) groups is 1. The number of hydrogen-bond acceptors (Lipinski definition) is 3. The Bertz CT molecular complexity index is 809. The molecular formula is C19H20N4O. The molecule has 0 saturated heterocycles. The molecule has 0 fully saturated rings. The number of carbonyl (C=O) groups excluding carboxylic acids is 1. The monoisotopic (exact) mass is 320 g/mol. The molecule has 3 rings (SSSR count). The molecule has 1 atom stereocenters. The highest BCUT2D eigenvalue weighted by Crippen LogP contribution is 2.21. The summed E-state index contributed by atoms with van der Waals surface area (Å²) in [6, 6.07) is 18.7. The van der Waals surface area contributed by atoms with Gasteiger partial charge in [0, 0.05) is 25.0 Å². The minimum absolute atomic E-state index is 0.129. The molecule has 1 unspecified atom stereocenters. The van der Waals surface area contributed by atoms with Crippen LogP contribution in [-0.2, 0) is 11.8 Å². The van der Waals surface area contributed by atoms with Crippen molar-refractivity contribution < 1.29 is 4.79 Å². The minimum atomic E-state index is -0.526. The molecule has 3 aromatic rings. The van der Waals surface area contributed by atoms with Gasteiger partial charge in [-0.05, 0) is 24.6 Å². The van der Waals surface area contributed by atoms with Crippen LogP contribution in [0.15, 0.2) is 66.9 Å². The van der Waals surface area contributed by atoms with Crippen molar-refractivity contribution in [3.63, 3.8) is 0 Å². The van der Waals surface area contributed by atoms with Gasteiger partial charge < -0.3 is 10.6 Å². The van der Waals surface area contributed by atoms with Crippen LogP contribution >= 0.6 is 0 Å². The van der Waals surface area contributed by atoms with E-state index in [1.807, 2.05) is 80.8 Å². The fraction of sp³-hybridized carbons (Fsp3) is 0.158. The second kappa shape index (κ2) is 7.00. The minimum Gasteiger partial charge on any atom is -0.353 e. The maximum Gasteiger partial charge on any atom is 0.251 e. The summed E-state index contributed by atoms with van der Waals surface area (Å²) in [6.45, 7) is 2.01. The summed E-state index contributed by atoms with van der Waals surface area (Å²) in [5, 5.41) is 10.5. The molecule has 2 aromatic carbocycles.